The molecule has 0 saturated heterocycles. The fourth-order valence-corrected chi connectivity index (χ4v) is 3.14. The van der Waals surface area contributed by atoms with Gasteiger partial charge in [-0.25, -0.2) is 4.39 Å². The highest BCUT2D eigenvalue weighted by Gasteiger charge is 2.45. The van der Waals surface area contributed by atoms with Crippen LogP contribution in [-0.4, -0.2) is 28.5 Å². The van der Waals surface area contributed by atoms with Crippen molar-refractivity contribution in [3.8, 4) is 0 Å². The summed E-state index contributed by atoms with van der Waals surface area (Å²) in [6.07, 6.45) is 4.47. The predicted molar refractivity (Wildman–Crippen MR) is 83.5 cm³/mol. The van der Waals surface area contributed by atoms with Crippen molar-refractivity contribution in [3.63, 3.8) is 0 Å². The predicted octanol–water partition coefficient (Wildman–Crippen LogP) is 2.61. The number of carboxylic acids is 1. The molecule has 0 aliphatic heterocycles. The molecule has 3 N–H and O–H groups in total. The quantitative estimate of drug-likeness (QED) is 0.765. The Balaban J connectivity index is 1.54. The molecule has 0 radical (unpaired) electrons. The maximum absolute atomic E-state index is 13.1. The third kappa shape index (κ3) is 3.06. The summed E-state index contributed by atoms with van der Waals surface area (Å²) < 4.78 is 13.1. The number of aliphatic carboxylic acids is 1. The Morgan fingerprint density at radius 3 is 2.78 bits per heavy atom. The number of carbonyl (C=O) groups is 2. The van der Waals surface area contributed by atoms with Crippen LogP contribution in [-0.2, 0) is 16.0 Å². The van der Waals surface area contributed by atoms with Crippen molar-refractivity contribution < 1.29 is 19.1 Å². The summed E-state index contributed by atoms with van der Waals surface area (Å²) >= 11 is 0. The molecule has 2 aromatic rings. The highest BCUT2D eigenvalue weighted by molar-refractivity contribution is 5.86. The van der Waals surface area contributed by atoms with Gasteiger partial charge >= 0.3 is 5.97 Å². The Labute approximate surface area is 132 Å². The molecule has 122 valence electrons. The minimum Gasteiger partial charge on any atom is -0.481 e. The molecule has 0 bridgehead atoms. The third-order valence-electron chi connectivity index (χ3n) is 4.71. The number of aromatic nitrogens is 1. The van der Waals surface area contributed by atoms with Gasteiger partial charge in [-0.2, -0.15) is 0 Å². The summed E-state index contributed by atoms with van der Waals surface area (Å²) in [6.45, 7) is 0.429. The molecule has 1 amide bonds. The van der Waals surface area contributed by atoms with Gasteiger partial charge < -0.3 is 15.4 Å². The van der Waals surface area contributed by atoms with E-state index in [4.69, 9.17) is 0 Å². The monoisotopic (exact) mass is 318 g/mol. The van der Waals surface area contributed by atoms with E-state index in [1.807, 2.05) is 0 Å². The second kappa shape index (κ2) is 6.02. The Kier molecular flexibility index (Phi) is 4.07. The van der Waals surface area contributed by atoms with Gasteiger partial charge in [0, 0.05) is 30.1 Å². The summed E-state index contributed by atoms with van der Waals surface area (Å²) in [5.74, 6) is -1.39. The van der Waals surface area contributed by atoms with E-state index in [0.29, 0.717) is 25.8 Å². The lowest BCUT2D eigenvalue weighted by Crippen LogP contribution is -2.42. The van der Waals surface area contributed by atoms with Crippen molar-refractivity contribution in [2.75, 3.05) is 6.54 Å². The van der Waals surface area contributed by atoms with E-state index in [0.717, 1.165) is 22.9 Å². The average molecular weight is 318 g/mol. The SMILES string of the molecule is O=C(CC1(C(=O)O)CCC1)NCCc1c[nH]c2cc(F)ccc12. The Morgan fingerprint density at radius 1 is 1.35 bits per heavy atom. The van der Waals surface area contributed by atoms with Crippen molar-refractivity contribution in [2.24, 2.45) is 5.41 Å². The van der Waals surface area contributed by atoms with Crippen LogP contribution >= 0.6 is 0 Å². The fourth-order valence-electron chi connectivity index (χ4n) is 3.14. The van der Waals surface area contributed by atoms with E-state index >= 15 is 0 Å². The number of carbonyl (C=O) groups excluding carboxylic acids is 1. The van der Waals surface area contributed by atoms with Gasteiger partial charge in [0.1, 0.15) is 5.82 Å². The molecule has 1 aromatic carbocycles. The molecule has 6 heteroatoms. The fraction of sp³-hybridized carbons (Fsp3) is 0.412. The van der Waals surface area contributed by atoms with Crippen molar-refractivity contribution >= 4 is 22.8 Å². The van der Waals surface area contributed by atoms with Crippen LogP contribution in [0.15, 0.2) is 24.4 Å². The lowest BCUT2D eigenvalue weighted by molar-refractivity contribution is -0.157. The highest BCUT2D eigenvalue weighted by Crippen LogP contribution is 2.44. The normalized spacial score (nSPS) is 16.0. The van der Waals surface area contributed by atoms with E-state index < -0.39 is 11.4 Å². The molecular formula is C17H19FN2O3. The first-order valence-corrected chi connectivity index (χ1v) is 7.76. The van der Waals surface area contributed by atoms with Crippen LogP contribution in [0.2, 0.25) is 0 Å². The van der Waals surface area contributed by atoms with E-state index in [-0.39, 0.29) is 18.1 Å². The number of carboxylic acid groups (broad SMARTS) is 1. The summed E-state index contributed by atoms with van der Waals surface area (Å²) in [6, 6.07) is 4.56. The maximum Gasteiger partial charge on any atom is 0.310 e. The molecule has 0 unspecified atom stereocenters. The van der Waals surface area contributed by atoms with Gasteiger partial charge in [0.2, 0.25) is 5.91 Å². The molecule has 23 heavy (non-hydrogen) atoms. The summed E-state index contributed by atoms with van der Waals surface area (Å²) in [7, 11) is 0. The number of benzene rings is 1. The molecule has 1 fully saturated rings. The van der Waals surface area contributed by atoms with Crippen LogP contribution in [0.3, 0.4) is 0 Å². The van der Waals surface area contributed by atoms with Gasteiger partial charge in [-0.3, -0.25) is 9.59 Å². The number of hydrogen-bond donors (Lipinski definition) is 3. The van der Waals surface area contributed by atoms with Crippen LogP contribution < -0.4 is 5.32 Å². The Hall–Kier alpha value is -2.37. The van der Waals surface area contributed by atoms with Gasteiger partial charge in [0.25, 0.3) is 0 Å². The number of halogens is 1. The van der Waals surface area contributed by atoms with E-state index in [9.17, 15) is 19.1 Å². The highest BCUT2D eigenvalue weighted by atomic mass is 19.1. The van der Waals surface area contributed by atoms with Gasteiger partial charge in [-0.05, 0) is 43.0 Å². The zero-order valence-electron chi connectivity index (χ0n) is 12.7. The first-order valence-electron chi connectivity index (χ1n) is 7.76. The molecular weight excluding hydrogens is 299 g/mol. The zero-order valence-corrected chi connectivity index (χ0v) is 12.7. The van der Waals surface area contributed by atoms with Crippen molar-refractivity contribution in [3.05, 3.63) is 35.8 Å². The number of fused-ring (bicyclic) bond motifs is 1. The number of H-pyrrole nitrogens is 1. The van der Waals surface area contributed by atoms with Crippen molar-refractivity contribution in [2.45, 2.75) is 32.1 Å². The number of nitrogens with one attached hydrogen (secondary N) is 2. The summed E-state index contributed by atoms with van der Waals surface area (Å²) in [5.41, 5.74) is 0.866. The van der Waals surface area contributed by atoms with Crippen molar-refractivity contribution in [1.29, 1.82) is 0 Å². The topological polar surface area (TPSA) is 82.2 Å². The van der Waals surface area contributed by atoms with Crippen LogP contribution in [0.5, 0.6) is 0 Å². The maximum atomic E-state index is 13.1. The van der Waals surface area contributed by atoms with Crippen LogP contribution in [0.25, 0.3) is 10.9 Å². The zero-order chi connectivity index (χ0) is 16.4. The molecule has 1 aliphatic carbocycles. The number of hydrogen-bond acceptors (Lipinski definition) is 2. The molecule has 0 spiro atoms. The lowest BCUT2D eigenvalue weighted by atomic mass is 9.66. The molecule has 5 nitrogen and oxygen atoms in total. The number of amides is 1. The molecule has 1 saturated carbocycles. The van der Waals surface area contributed by atoms with E-state index in [1.165, 1.54) is 12.1 Å². The first kappa shape index (κ1) is 15.5. The second-order valence-corrected chi connectivity index (χ2v) is 6.22. The number of aromatic amines is 1. The third-order valence-corrected chi connectivity index (χ3v) is 4.71. The minimum atomic E-state index is -0.877. The second-order valence-electron chi connectivity index (χ2n) is 6.22. The average Bonchev–Trinajstić information content (AvgIpc) is 2.85. The van der Waals surface area contributed by atoms with Crippen LogP contribution in [0, 0.1) is 11.2 Å². The summed E-state index contributed by atoms with van der Waals surface area (Å²) in [5, 5.41) is 13.0. The van der Waals surface area contributed by atoms with Crippen LogP contribution in [0.1, 0.15) is 31.2 Å². The minimum absolute atomic E-state index is 0.0431. The smallest absolute Gasteiger partial charge is 0.310 e. The van der Waals surface area contributed by atoms with Gasteiger partial charge in [-0.15, -0.1) is 0 Å². The largest absolute Gasteiger partial charge is 0.481 e. The van der Waals surface area contributed by atoms with Crippen molar-refractivity contribution in [1.82, 2.24) is 10.3 Å². The van der Waals surface area contributed by atoms with Gasteiger partial charge in [-0.1, -0.05) is 6.42 Å². The summed E-state index contributed by atoms with van der Waals surface area (Å²) in [4.78, 5) is 26.2. The molecule has 0 atom stereocenters. The molecule has 1 aromatic heterocycles. The molecule has 1 heterocycles. The van der Waals surface area contributed by atoms with E-state index in [2.05, 4.69) is 10.3 Å². The van der Waals surface area contributed by atoms with Gasteiger partial charge in [0.05, 0.1) is 5.41 Å². The Bertz CT molecular complexity index is 749. The van der Waals surface area contributed by atoms with Crippen LogP contribution in [0.4, 0.5) is 4.39 Å². The lowest BCUT2D eigenvalue weighted by Gasteiger charge is -2.36. The first-order chi connectivity index (χ1) is 11.0. The van der Waals surface area contributed by atoms with E-state index in [1.54, 1.807) is 12.3 Å². The molecule has 1 aliphatic rings. The van der Waals surface area contributed by atoms with Gasteiger partial charge in [0.15, 0.2) is 0 Å². The Morgan fingerprint density at radius 2 is 2.13 bits per heavy atom. The standard InChI is InChI=1S/C17H19FN2O3/c18-12-2-3-13-11(10-20-14(13)8-12)4-7-19-15(21)9-17(16(22)23)5-1-6-17/h2-3,8,10,20H,1,4-7,9H2,(H,19,21)(H,22,23). The molecule has 3 rings (SSSR count). The number of rotatable bonds is 6.